The Bertz CT molecular complexity index is 1110. The summed E-state index contributed by atoms with van der Waals surface area (Å²) < 4.78 is 59.9. The number of carbonyl (C=O) groups is 2. The first-order chi connectivity index (χ1) is 16.3. The van der Waals surface area contributed by atoms with Gasteiger partial charge in [-0.05, 0) is 42.2 Å². The molecular weight excluding hydrogens is 492 g/mol. The second kappa shape index (κ2) is 10.4. The third-order valence-corrected chi connectivity index (χ3v) is 6.74. The zero-order valence-electron chi connectivity index (χ0n) is 19.1. The monoisotopic (exact) mass is 516 g/mol. The SMILES string of the molecule is COc1cc(C(=O)O)ccc1NC(=O)[C@@H]1NC(CC(C)C(F)(F)F)C(C)C1c1cccc(Cl)c1F. The van der Waals surface area contributed by atoms with Gasteiger partial charge >= 0.3 is 12.1 Å². The number of methoxy groups -OCH3 is 1. The van der Waals surface area contributed by atoms with Crippen LogP contribution in [-0.2, 0) is 4.79 Å². The van der Waals surface area contributed by atoms with Gasteiger partial charge in [-0.3, -0.25) is 4.79 Å². The first kappa shape index (κ1) is 26.7. The number of nitrogens with one attached hydrogen (secondary N) is 2. The zero-order valence-corrected chi connectivity index (χ0v) is 19.9. The van der Waals surface area contributed by atoms with Gasteiger partial charge in [0.2, 0.25) is 5.91 Å². The third kappa shape index (κ3) is 5.70. The molecule has 4 unspecified atom stereocenters. The number of halogens is 5. The van der Waals surface area contributed by atoms with Crippen LogP contribution >= 0.6 is 11.6 Å². The molecule has 0 bridgehead atoms. The van der Waals surface area contributed by atoms with Gasteiger partial charge in [-0.15, -0.1) is 0 Å². The fraction of sp³-hybridized carbons (Fsp3) is 0.417. The van der Waals surface area contributed by atoms with E-state index in [2.05, 4.69) is 10.6 Å². The highest BCUT2D eigenvalue weighted by atomic mass is 35.5. The molecule has 3 rings (SSSR count). The van der Waals surface area contributed by atoms with Crippen LogP contribution in [0.2, 0.25) is 5.02 Å². The normalized spacial score (nSPS) is 23.1. The lowest BCUT2D eigenvalue weighted by Gasteiger charge is -2.25. The van der Waals surface area contributed by atoms with Crippen molar-refractivity contribution in [2.24, 2.45) is 11.8 Å². The van der Waals surface area contributed by atoms with Crippen molar-refractivity contribution < 1.29 is 37.0 Å². The minimum Gasteiger partial charge on any atom is -0.495 e. The maximum absolute atomic E-state index is 15.0. The van der Waals surface area contributed by atoms with Gasteiger partial charge in [-0.25, -0.2) is 9.18 Å². The van der Waals surface area contributed by atoms with Gasteiger partial charge in [-0.2, -0.15) is 13.2 Å². The maximum atomic E-state index is 15.0. The van der Waals surface area contributed by atoms with Gasteiger partial charge in [0.15, 0.2) is 0 Å². The summed E-state index contributed by atoms with van der Waals surface area (Å²) in [4.78, 5) is 24.6. The standard InChI is InChI=1S/C24H25ClF4N2O4/c1-11(24(27,28)29)9-17-12(2)19(14-5-4-6-15(25)20(14)26)21(30-17)22(32)31-16-8-7-13(23(33)34)10-18(16)35-3/h4-8,10-12,17,19,21,30H,9H2,1-3H3,(H,31,32)(H,33,34)/t11?,12?,17?,19?,21-/m1/s1. The number of hydrogen-bond acceptors (Lipinski definition) is 4. The quantitative estimate of drug-likeness (QED) is 0.425. The minimum atomic E-state index is -4.42. The summed E-state index contributed by atoms with van der Waals surface area (Å²) in [6.45, 7) is 2.73. The molecule has 0 aromatic heterocycles. The maximum Gasteiger partial charge on any atom is 0.391 e. The van der Waals surface area contributed by atoms with E-state index in [1.807, 2.05) is 0 Å². The number of carbonyl (C=O) groups excluding carboxylic acids is 1. The van der Waals surface area contributed by atoms with Gasteiger partial charge in [0.05, 0.1) is 35.3 Å². The average Bonchev–Trinajstić information content (AvgIpc) is 3.11. The largest absolute Gasteiger partial charge is 0.495 e. The Labute approximate surface area is 204 Å². The molecule has 1 fully saturated rings. The number of amides is 1. The van der Waals surface area contributed by atoms with E-state index in [4.69, 9.17) is 21.4 Å². The van der Waals surface area contributed by atoms with Crippen molar-refractivity contribution in [3.8, 4) is 5.75 Å². The molecule has 6 nitrogen and oxygen atoms in total. The molecule has 0 saturated carbocycles. The second-order valence-corrected chi connectivity index (χ2v) is 9.07. The van der Waals surface area contributed by atoms with E-state index in [1.54, 1.807) is 6.92 Å². The van der Waals surface area contributed by atoms with Crippen LogP contribution in [0.3, 0.4) is 0 Å². The molecular formula is C24H25ClF4N2O4. The Kier molecular flexibility index (Phi) is 7.96. The van der Waals surface area contributed by atoms with Crippen molar-refractivity contribution >= 4 is 29.2 Å². The van der Waals surface area contributed by atoms with Gasteiger partial charge in [0.1, 0.15) is 11.6 Å². The Hall–Kier alpha value is -2.85. The lowest BCUT2D eigenvalue weighted by Crippen LogP contribution is -2.42. The van der Waals surface area contributed by atoms with Gasteiger partial charge in [0.25, 0.3) is 0 Å². The van der Waals surface area contributed by atoms with Crippen LogP contribution in [0, 0.1) is 17.7 Å². The number of carboxylic acids is 1. The predicted octanol–water partition coefficient (Wildman–Crippen LogP) is 5.47. The van der Waals surface area contributed by atoms with E-state index in [-0.39, 0.29) is 34.0 Å². The molecule has 1 amide bonds. The Morgan fingerprint density at radius 3 is 2.54 bits per heavy atom. The van der Waals surface area contributed by atoms with Gasteiger partial charge < -0.3 is 20.5 Å². The van der Waals surface area contributed by atoms with E-state index >= 15 is 0 Å². The number of carboxylic acid groups (broad SMARTS) is 1. The fourth-order valence-electron chi connectivity index (χ4n) is 4.45. The molecule has 1 aliphatic heterocycles. The highest BCUT2D eigenvalue weighted by Gasteiger charge is 2.48. The van der Waals surface area contributed by atoms with Gasteiger partial charge in [0, 0.05) is 12.0 Å². The summed E-state index contributed by atoms with van der Waals surface area (Å²) >= 11 is 5.95. The molecule has 1 aliphatic rings. The number of alkyl halides is 3. The summed E-state index contributed by atoms with van der Waals surface area (Å²) in [5, 5.41) is 14.6. The van der Waals surface area contributed by atoms with Crippen LogP contribution in [0.5, 0.6) is 5.75 Å². The Morgan fingerprint density at radius 1 is 1.26 bits per heavy atom. The van der Waals surface area contributed by atoms with Crippen molar-refractivity contribution in [1.82, 2.24) is 5.32 Å². The highest BCUT2D eigenvalue weighted by Crippen LogP contribution is 2.42. The molecule has 1 saturated heterocycles. The van der Waals surface area contributed by atoms with E-state index in [0.29, 0.717) is 0 Å². The number of hydrogen-bond donors (Lipinski definition) is 3. The predicted molar refractivity (Wildman–Crippen MR) is 122 cm³/mol. The second-order valence-electron chi connectivity index (χ2n) is 8.67. The number of rotatable bonds is 7. The lowest BCUT2D eigenvalue weighted by atomic mass is 9.80. The molecule has 2 aromatic rings. The van der Waals surface area contributed by atoms with E-state index in [0.717, 1.165) is 6.92 Å². The van der Waals surface area contributed by atoms with Crippen LogP contribution in [0.1, 0.15) is 42.1 Å². The van der Waals surface area contributed by atoms with Crippen molar-refractivity contribution in [3.05, 3.63) is 58.4 Å². The smallest absolute Gasteiger partial charge is 0.391 e. The van der Waals surface area contributed by atoms with Crippen LogP contribution < -0.4 is 15.4 Å². The van der Waals surface area contributed by atoms with Crippen LogP contribution in [-0.4, -0.2) is 42.4 Å². The molecule has 5 atom stereocenters. The van der Waals surface area contributed by atoms with Gasteiger partial charge in [-0.1, -0.05) is 37.6 Å². The average molecular weight is 517 g/mol. The van der Waals surface area contributed by atoms with Crippen molar-refractivity contribution in [2.75, 3.05) is 12.4 Å². The number of aromatic carboxylic acids is 1. The summed E-state index contributed by atoms with van der Waals surface area (Å²) in [6, 6.07) is 6.34. The Balaban J connectivity index is 1.95. The first-order valence-electron chi connectivity index (χ1n) is 10.8. The van der Waals surface area contributed by atoms with Crippen molar-refractivity contribution in [3.63, 3.8) is 0 Å². The molecule has 11 heteroatoms. The number of benzene rings is 2. The molecule has 1 heterocycles. The highest BCUT2D eigenvalue weighted by molar-refractivity contribution is 6.30. The molecule has 0 spiro atoms. The lowest BCUT2D eigenvalue weighted by molar-refractivity contribution is -0.172. The summed E-state index contributed by atoms with van der Waals surface area (Å²) in [7, 11) is 1.30. The topological polar surface area (TPSA) is 87.7 Å². The third-order valence-electron chi connectivity index (χ3n) is 6.45. The molecule has 0 aliphatic carbocycles. The molecule has 3 N–H and O–H groups in total. The van der Waals surface area contributed by atoms with Crippen LogP contribution in [0.4, 0.5) is 23.2 Å². The fourth-order valence-corrected chi connectivity index (χ4v) is 4.64. The van der Waals surface area contributed by atoms with Crippen LogP contribution in [0.25, 0.3) is 0 Å². The Morgan fingerprint density at radius 2 is 1.94 bits per heavy atom. The van der Waals surface area contributed by atoms with Crippen LogP contribution in [0.15, 0.2) is 36.4 Å². The molecule has 2 aromatic carbocycles. The number of ether oxygens (including phenoxy) is 1. The summed E-state index contributed by atoms with van der Waals surface area (Å²) in [5.41, 5.74) is 0.218. The van der Waals surface area contributed by atoms with E-state index in [9.17, 15) is 27.2 Å². The number of anilines is 1. The molecule has 0 radical (unpaired) electrons. The van der Waals surface area contributed by atoms with E-state index in [1.165, 1.54) is 43.5 Å². The minimum absolute atomic E-state index is 0.0625. The molecule has 35 heavy (non-hydrogen) atoms. The first-order valence-corrected chi connectivity index (χ1v) is 11.2. The zero-order chi connectivity index (χ0) is 26.1. The van der Waals surface area contributed by atoms with Crippen molar-refractivity contribution in [1.29, 1.82) is 0 Å². The summed E-state index contributed by atoms with van der Waals surface area (Å²) in [6.07, 6.45) is -4.72. The molecule has 190 valence electrons. The summed E-state index contributed by atoms with van der Waals surface area (Å²) in [5.74, 6) is -5.48. The van der Waals surface area contributed by atoms with Crippen molar-refractivity contribution in [2.45, 2.75) is 44.4 Å². The van der Waals surface area contributed by atoms with E-state index < -0.39 is 53.7 Å².